The van der Waals surface area contributed by atoms with Crippen LogP contribution in [0.1, 0.15) is 17.8 Å². The molecule has 0 amide bonds. The first-order valence-electron chi connectivity index (χ1n) is 10.6. The molecule has 0 bridgehead atoms. The molecule has 1 aliphatic heterocycles. The van der Waals surface area contributed by atoms with Gasteiger partial charge in [0.25, 0.3) is 0 Å². The van der Waals surface area contributed by atoms with Crippen LogP contribution in [0.15, 0.2) is 95.6 Å². The molecule has 1 aliphatic rings. The van der Waals surface area contributed by atoms with Gasteiger partial charge in [0, 0.05) is 24.4 Å². The third-order valence-electron chi connectivity index (χ3n) is 5.47. The fourth-order valence-corrected chi connectivity index (χ4v) is 4.45. The Balaban J connectivity index is 1.55. The lowest BCUT2D eigenvalue weighted by atomic mass is 9.94. The lowest BCUT2D eigenvalue weighted by molar-refractivity contribution is 0.420. The van der Waals surface area contributed by atoms with E-state index in [1.165, 1.54) is 22.5 Å². The largest absolute Gasteiger partial charge is 0.512 e. The van der Waals surface area contributed by atoms with E-state index in [0.717, 1.165) is 44.4 Å². The highest BCUT2D eigenvalue weighted by atomic mass is 32.2. The van der Waals surface area contributed by atoms with Crippen molar-refractivity contribution in [1.29, 1.82) is 0 Å². The number of benzene rings is 3. The van der Waals surface area contributed by atoms with Crippen LogP contribution in [-0.2, 0) is 0 Å². The highest BCUT2D eigenvalue weighted by molar-refractivity contribution is 8.14. The SMILES string of the molecule is C=C(O)CSC1=NN=C(c2cc(-c3cnc(C)nc3)cc(-c3ccc4ccccc4c3)c2)C1. The molecule has 6 heteroatoms. The number of rotatable bonds is 5. The Morgan fingerprint density at radius 1 is 0.848 bits per heavy atom. The Morgan fingerprint density at radius 2 is 1.55 bits per heavy atom. The molecule has 1 aromatic heterocycles. The van der Waals surface area contributed by atoms with Crippen molar-refractivity contribution in [2.24, 2.45) is 10.2 Å². The Morgan fingerprint density at radius 3 is 2.30 bits per heavy atom. The Bertz CT molecular complexity index is 1420. The maximum absolute atomic E-state index is 9.40. The molecule has 2 heterocycles. The van der Waals surface area contributed by atoms with Gasteiger partial charge in [-0.3, -0.25) is 0 Å². The minimum Gasteiger partial charge on any atom is -0.512 e. The zero-order valence-electron chi connectivity index (χ0n) is 18.2. The predicted octanol–water partition coefficient (Wildman–Crippen LogP) is 6.58. The van der Waals surface area contributed by atoms with Crippen LogP contribution in [0.5, 0.6) is 0 Å². The summed E-state index contributed by atoms with van der Waals surface area (Å²) in [6.07, 6.45) is 4.34. The van der Waals surface area contributed by atoms with Crippen LogP contribution < -0.4 is 0 Å². The average molecular weight is 451 g/mol. The molecule has 1 N–H and O–H groups in total. The maximum atomic E-state index is 9.40. The highest BCUT2D eigenvalue weighted by Crippen LogP contribution is 2.31. The normalized spacial score (nSPS) is 13.1. The van der Waals surface area contributed by atoms with Crippen LogP contribution in [-0.4, -0.2) is 31.6 Å². The van der Waals surface area contributed by atoms with E-state index in [0.29, 0.717) is 12.2 Å². The number of thioether (sulfide) groups is 1. The van der Waals surface area contributed by atoms with Gasteiger partial charge in [0.2, 0.25) is 0 Å². The number of hydrogen-bond acceptors (Lipinski definition) is 6. The van der Waals surface area contributed by atoms with Gasteiger partial charge in [-0.2, -0.15) is 5.10 Å². The number of fused-ring (bicyclic) bond motifs is 1. The highest BCUT2D eigenvalue weighted by Gasteiger charge is 2.17. The van der Waals surface area contributed by atoms with E-state index in [2.05, 4.69) is 87.4 Å². The topological polar surface area (TPSA) is 70.7 Å². The molecule has 4 aromatic rings. The molecule has 33 heavy (non-hydrogen) atoms. The van der Waals surface area contributed by atoms with Gasteiger partial charge in [0.05, 0.1) is 17.2 Å². The van der Waals surface area contributed by atoms with E-state index in [1.54, 1.807) is 0 Å². The van der Waals surface area contributed by atoms with Gasteiger partial charge < -0.3 is 5.11 Å². The summed E-state index contributed by atoms with van der Waals surface area (Å²) in [5, 5.41) is 21.4. The summed E-state index contributed by atoms with van der Waals surface area (Å²) in [6, 6.07) is 21.3. The lowest BCUT2D eigenvalue weighted by Gasteiger charge is -2.11. The molecular formula is C27H22N4OS. The van der Waals surface area contributed by atoms with Crippen LogP contribution in [0.3, 0.4) is 0 Å². The monoisotopic (exact) mass is 450 g/mol. The van der Waals surface area contributed by atoms with E-state index >= 15 is 0 Å². The van der Waals surface area contributed by atoms with Gasteiger partial charge in [-0.25, -0.2) is 9.97 Å². The number of aliphatic hydroxyl groups is 1. The van der Waals surface area contributed by atoms with Gasteiger partial charge in [-0.1, -0.05) is 43.0 Å². The fourth-order valence-electron chi connectivity index (χ4n) is 3.77. The molecule has 3 aromatic carbocycles. The van der Waals surface area contributed by atoms with Crippen LogP contribution >= 0.6 is 11.8 Å². The lowest BCUT2D eigenvalue weighted by Crippen LogP contribution is -2.03. The van der Waals surface area contributed by atoms with E-state index in [-0.39, 0.29) is 5.76 Å². The van der Waals surface area contributed by atoms with Crippen molar-refractivity contribution in [1.82, 2.24) is 9.97 Å². The molecular weight excluding hydrogens is 428 g/mol. The second kappa shape index (κ2) is 9.00. The standard InChI is InChI=1S/C27H22N4OS/c1-17(32)16-33-27-13-26(30-31-27)24-11-22(10-23(12-24)25-14-28-18(2)29-15-25)21-8-7-19-5-3-4-6-20(19)9-21/h3-12,14-15,32H,1,13,16H2,2H3. The van der Waals surface area contributed by atoms with Gasteiger partial charge in [0.1, 0.15) is 10.9 Å². The zero-order chi connectivity index (χ0) is 22.8. The molecule has 162 valence electrons. The van der Waals surface area contributed by atoms with Crippen LogP contribution in [0.2, 0.25) is 0 Å². The number of aromatic nitrogens is 2. The molecule has 0 saturated heterocycles. The smallest absolute Gasteiger partial charge is 0.125 e. The summed E-state index contributed by atoms with van der Waals surface area (Å²) in [7, 11) is 0. The fraction of sp³-hybridized carbons (Fsp3) is 0.111. The van der Waals surface area contributed by atoms with Crippen molar-refractivity contribution in [2.45, 2.75) is 13.3 Å². The molecule has 0 aliphatic carbocycles. The summed E-state index contributed by atoms with van der Waals surface area (Å²) in [5.74, 6) is 1.30. The second-order valence-electron chi connectivity index (χ2n) is 7.95. The van der Waals surface area contributed by atoms with Crippen molar-refractivity contribution >= 4 is 33.3 Å². The van der Waals surface area contributed by atoms with Gasteiger partial charge in [0.15, 0.2) is 0 Å². The molecule has 0 fully saturated rings. The van der Waals surface area contributed by atoms with E-state index in [1.807, 2.05) is 19.3 Å². The molecule has 5 rings (SSSR count). The first-order valence-corrected chi connectivity index (χ1v) is 11.6. The van der Waals surface area contributed by atoms with Crippen molar-refractivity contribution < 1.29 is 5.11 Å². The van der Waals surface area contributed by atoms with E-state index < -0.39 is 0 Å². The van der Waals surface area contributed by atoms with E-state index in [9.17, 15) is 5.11 Å². The molecule has 0 saturated carbocycles. The van der Waals surface area contributed by atoms with Crippen LogP contribution in [0.25, 0.3) is 33.0 Å². The minimum absolute atomic E-state index is 0.135. The summed E-state index contributed by atoms with van der Waals surface area (Å²) in [6.45, 7) is 5.42. The molecule has 0 spiro atoms. The minimum atomic E-state index is 0.135. The van der Waals surface area contributed by atoms with Crippen molar-refractivity contribution in [3.63, 3.8) is 0 Å². The Kier molecular flexibility index (Phi) is 5.75. The number of aliphatic hydroxyl groups excluding tert-OH is 1. The summed E-state index contributed by atoms with van der Waals surface area (Å²) >= 11 is 1.46. The molecule has 0 radical (unpaired) electrons. The summed E-state index contributed by atoms with van der Waals surface area (Å²) in [4.78, 5) is 8.76. The van der Waals surface area contributed by atoms with Crippen LogP contribution in [0.4, 0.5) is 0 Å². The van der Waals surface area contributed by atoms with Crippen LogP contribution in [0, 0.1) is 6.92 Å². The third-order valence-corrected chi connectivity index (χ3v) is 6.51. The van der Waals surface area contributed by atoms with Gasteiger partial charge in [-0.15, -0.1) is 16.9 Å². The Hall–Kier alpha value is -3.77. The van der Waals surface area contributed by atoms with Crippen molar-refractivity contribution in [2.75, 3.05) is 5.75 Å². The third kappa shape index (κ3) is 4.71. The zero-order valence-corrected chi connectivity index (χ0v) is 19.0. The summed E-state index contributed by atoms with van der Waals surface area (Å²) < 4.78 is 0. The average Bonchev–Trinajstić information content (AvgIpc) is 3.32. The first kappa shape index (κ1) is 21.1. The Labute approximate surface area is 196 Å². The molecule has 0 atom stereocenters. The maximum Gasteiger partial charge on any atom is 0.125 e. The second-order valence-corrected chi connectivity index (χ2v) is 9.00. The number of nitrogens with zero attached hydrogens (tertiary/aromatic N) is 4. The van der Waals surface area contributed by atoms with Crippen molar-refractivity contribution in [3.8, 4) is 22.3 Å². The van der Waals surface area contributed by atoms with E-state index in [4.69, 9.17) is 0 Å². The first-order chi connectivity index (χ1) is 16.0. The van der Waals surface area contributed by atoms with Gasteiger partial charge >= 0.3 is 0 Å². The predicted molar refractivity (Wildman–Crippen MR) is 138 cm³/mol. The number of hydrogen-bond donors (Lipinski definition) is 1. The molecule has 5 nitrogen and oxygen atoms in total. The number of aryl methyl sites for hydroxylation is 1. The molecule has 0 unspecified atom stereocenters. The summed E-state index contributed by atoms with van der Waals surface area (Å²) in [5.41, 5.74) is 6.13. The van der Waals surface area contributed by atoms with Gasteiger partial charge in [-0.05, 0) is 64.2 Å². The van der Waals surface area contributed by atoms with Crippen molar-refractivity contribution in [3.05, 3.63) is 96.8 Å². The quantitative estimate of drug-likeness (QED) is 0.349.